The van der Waals surface area contributed by atoms with Crippen LogP contribution in [0, 0.1) is 0 Å². The topological polar surface area (TPSA) is 12.4 Å². The molecule has 0 aliphatic heterocycles. The molecule has 0 rings (SSSR count). The molecule has 30 valence electrons. The van der Waals surface area contributed by atoms with E-state index < -0.39 is 0 Å². The van der Waals surface area contributed by atoms with E-state index in [9.17, 15) is 0 Å². The Hall–Kier alpha value is 0.488. The summed E-state index contributed by atoms with van der Waals surface area (Å²) in [5, 5.41) is 0. The van der Waals surface area contributed by atoms with Gasteiger partial charge in [-0.05, 0) is 0 Å². The summed E-state index contributed by atoms with van der Waals surface area (Å²) in [5.74, 6) is 0. The molecule has 2 heteroatoms. The van der Waals surface area contributed by atoms with Gasteiger partial charge in [0, 0.05) is 0 Å². The third kappa shape index (κ3) is 4.49. The van der Waals surface area contributed by atoms with E-state index in [2.05, 4.69) is 10.4 Å². The van der Waals surface area contributed by atoms with Crippen LogP contribution < -0.4 is 0 Å². The van der Waals surface area contributed by atoms with E-state index in [0.717, 1.165) is 6.54 Å². The summed E-state index contributed by atoms with van der Waals surface area (Å²) in [5.41, 5.74) is 0. The first kappa shape index (κ1) is 5.49. The Labute approximate surface area is 43.5 Å². The van der Waals surface area contributed by atoms with Crippen LogP contribution in [0.2, 0.25) is 0 Å². The quantitative estimate of drug-likeness (QED) is 0.527. The Kier molecular flexibility index (Phi) is 4.93. The summed E-state index contributed by atoms with van der Waals surface area (Å²) < 4.78 is 3.86. The second-order valence-electron chi connectivity index (χ2n) is 0.853. The molecule has 0 saturated heterocycles. The van der Waals surface area contributed by atoms with Crippen LogP contribution in [0.5, 0.6) is 0 Å². The maximum atomic E-state index is 3.86. The molecule has 0 spiro atoms. The van der Waals surface area contributed by atoms with Gasteiger partial charge in [-0.15, -0.1) is 0 Å². The average molecular weight is 153 g/mol. The number of rotatable bonds is 2. The third-order valence-electron chi connectivity index (χ3n) is 0.315. The summed E-state index contributed by atoms with van der Waals surface area (Å²) in [6, 6.07) is 0. The summed E-state index contributed by atoms with van der Waals surface area (Å²) in [6.07, 6.45) is 1.18. The molecule has 0 aliphatic carbocycles. The van der Waals surface area contributed by atoms with Crippen LogP contribution in [-0.4, -0.2) is 6.54 Å². The van der Waals surface area contributed by atoms with Gasteiger partial charge in [-0.2, -0.15) is 0 Å². The predicted octanol–water partition coefficient (Wildman–Crippen LogP) is 1.13. The van der Waals surface area contributed by atoms with Crippen molar-refractivity contribution in [3.63, 3.8) is 0 Å². The molecule has 0 heterocycles. The Morgan fingerprint density at radius 2 is 2.40 bits per heavy atom. The zero-order valence-corrected chi connectivity index (χ0v) is 5.28. The summed E-state index contributed by atoms with van der Waals surface area (Å²) in [6.45, 7) is 3.14. The van der Waals surface area contributed by atoms with Gasteiger partial charge in [0.25, 0.3) is 0 Å². The van der Waals surface area contributed by atoms with Crippen molar-refractivity contribution in [1.82, 2.24) is 0 Å². The van der Waals surface area contributed by atoms with Gasteiger partial charge in [-0.3, -0.25) is 0 Å². The molecule has 0 bridgehead atoms. The fourth-order valence-electron chi connectivity index (χ4n) is 0.0913. The molecule has 0 aliphatic rings. The van der Waals surface area contributed by atoms with Crippen molar-refractivity contribution in [2.45, 2.75) is 13.3 Å². The molecule has 1 nitrogen and oxygen atoms in total. The number of hydrogen-bond donors (Lipinski definition) is 0. The molecule has 5 heavy (non-hydrogen) atoms. The Bertz CT molecular complexity index is 28.1. The van der Waals surface area contributed by atoms with Crippen molar-refractivity contribution in [3.8, 4) is 0 Å². The Morgan fingerprint density at radius 1 is 1.80 bits per heavy atom. The first-order valence-corrected chi connectivity index (χ1v) is 2.60. The van der Waals surface area contributed by atoms with Crippen LogP contribution in [0.3, 0.4) is 0 Å². The molecule has 0 aromatic rings. The van der Waals surface area contributed by atoms with E-state index in [0.29, 0.717) is 0 Å². The van der Waals surface area contributed by atoms with Crippen LogP contribution in [0.4, 0.5) is 0 Å². The third-order valence-corrected chi connectivity index (χ3v) is 0.764. The predicted molar refractivity (Wildman–Crippen MR) is 17.6 cm³/mol. The molecule has 0 saturated carbocycles. The second kappa shape index (κ2) is 4.49. The normalized spacial score (nSPS) is 7.40. The van der Waals surface area contributed by atoms with Gasteiger partial charge < -0.3 is 0 Å². The van der Waals surface area contributed by atoms with Crippen molar-refractivity contribution < 1.29 is 19.6 Å². The maximum absolute atomic E-state index is 3.86. The number of nitrogens with zero attached hydrogens (tertiary/aromatic N) is 1. The molecule has 0 unspecified atom stereocenters. The zero-order valence-electron chi connectivity index (χ0n) is 3.27. The first-order valence-electron chi connectivity index (χ1n) is 1.71. The molecule has 0 aromatic heterocycles. The Balaban J connectivity index is 2.40. The molecule has 0 aromatic carbocycles. The summed E-state index contributed by atoms with van der Waals surface area (Å²) in [7, 11) is 0. The van der Waals surface area contributed by atoms with E-state index in [1.54, 1.807) is 19.6 Å². The average Bonchev–Trinajstić information content (AvgIpc) is 1.41. The summed E-state index contributed by atoms with van der Waals surface area (Å²) in [4.78, 5) is 0. The fourth-order valence-corrected chi connectivity index (χ4v) is 0.540. The van der Waals surface area contributed by atoms with Gasteiger partial charge in [-0.25, -0.2) is 0 Å². The van der Waals surface area contributed by atoms with Gasteiger partial charge in [0.15, 0.2) is 0 Å². The van der Waals surface area contributed by atoms with Crippen molar-refractivity contribution in [2.75, 3.05) is 6.54 Å². The SMILES string of the molecule is CCC[N]=[Mo]. The minimum absolute atomic E-state index is 1.02. The van der Waals surface area contributed by atoms with Crippen LogP contribution in [0.25, 0.3) is 0 Å². The van der Waals surface area contributed by atoms with E-state index in [1.165, 1.54) is 6.42 Å². The van der Waals surface area contributed by atoms with Crippen molar-refractivity contribution in [2.24, 2.45) is 3.50 Å². The van der Waals surface area contributed by atoms with Crippen molar-refractivity contribution in [1.29, 1.82) is 0 Å². The van der Waals surface area contributed by atoms with Crippen LogP contribution in [0.1, 0.15) is 13.3 Å². The van der Waals surface area contributed by atoms with Crippen molar-refractivity contribution >= 4 is 0 Å². The van der Waals surface area contributed by atoms with Gasteiger partial charge in [0.05, 0.1) is 0 Å². The fraction of sp³-hybridized carbons (Fsp3) is 1.00. The Morgan fingerprint density at radius 3 is 2.40 bits per heavy atom. The van der Waals surface area contributed by atoms with Crippen LogP contribution in [0.15, 0.2) is 3.50 Å². The van der Waals surface area contributed by atoms with E-state index in [-0.39, 0.29) is 0 Å². The van der Waals surface area contributed by atoms with Crippen LogP contribution in [-0.2, 0) is 19.6 Å². The van der Waals surface area contributed by atoms with E-state index in [4.69, 9.17) is 0 Å². The van der Waals surface area contributed by atoms with Gasteiger partial charge in [0.1, 0.15) is 0 Å². The molecular weight excluding hydrogens is 146 g/mol. The van der Waals surface area contributed by atoms with Gasteiger partial charge >= 0.3 is 43.0 Å². The molecule has 0 radical (unpaired) electrons. The van der Waals surface area contributed by atoms with E-state index in [1.807, 2.05) is 0 Å². The standard InChI is InChI=1S/C3H7N.Mo/c1-2-3-4;/h2-3H2,1H3;. The van der Waals surface area contributed by atoms with Gasteiger partial charge in [-0.1, -0.05) is 0 Å². The molecule has 0 N–H and O–H groups in total. The molecule has 0 atom stereocenters. The van der Waals surface area contributed by atoms with Crippen molar-refractivity contribution in [3.05, 3.63) is 0 Å². The first-order chi connectivity index (χ1) is 2.41. The number of hydrogen-bond acceptors (Lipinski definition) is 1. The van der Waals surface area contributed by atoms with E-state index >= 15 is 0 Å². The molecule has 0 fully saturated rings. The molecular formula is C3H7MoN. The zero-order chi connectivity index (χ0) is 4.12. The van der Waals surface area contributed by atoms with Gasteiger partial charge in [0.2, 0.25) is 0 Å². The van der Waals surface area contributed by atoms with Crippen LogP contribution >= 0.6 is 0 Å². The molecule has 0 amide bonds. The monoisotopic (exact) mass is 155 g/mol. The summed E-state index contributed by atoms with van der Waals surface area (Å²) >= 11 is 1.78. The second-order valence-corrected chi connectivity index (χ2v) is 1.49. The minimum atomic E-state index is 1.02.